The second kappa shape index (κ2) is 7.62. The van der Waals surface area contributed by atoms with E-state index < -0.39 is 21.1 Å². The Balaban J connectivity index is 2.05. The van der Waals surface area contributed by atoms with Crippen molar-refractivity contribution in [1.29, 1.82) is 0 Å². The van der Waals surface area contributed by atoms with Gasteiger partial charge in [0.2, 0.25) is 0 Å². The summed E-state index contributed by atoms with van der Waals surface area (Å²) in [6, 6.07) is 15.4. The Kier molecular flexibility index (Phi) is 5.78. The molecule has 0 saturated heterocycles. The first-order valence-corrected chi connectivity index (χ1v) is 9.43. The molecule has 0 N–H and O–H groups in total. The van der Waals surface area contributed by atoms with Crippen LogP contribution < -0.4 is 0 Å². The summed E-state index contributed by atoms with van der Waals surface area (Å²) >= 11 is 0. The molecule has 0 aliphatic carbocycles. The van der Waals surface area contributed by atoms with Gasteiger partial charge >= 0.3 is 5.97 Å². The molecule has 0 heterocycles. The molecule has 0 saturated carbocycles. The highest BCUT2D eigenvalue weighted by molar-refractivity contribution is 7.92. The molecule has 1 atom stereocenters. The van der Waals surface area contributed by atoms with Crippen molar-refractivity contribution in [3.8, 4) is 0 Å². The number of rotatable bonds is 6. The molecule has 2 aromatic carbocycles. The number of ether oxygens (including phenoxy) is 1. The number of hydrogen-bond donors (Lipinski definition) is 0. The van der Waals surface area contributed by atoms with Gasteiger partial charge in [-0.15, -0.1) is 0 Å². The van der Waals surface area contributed by atoms with Crippen molar-refractivity contribution in [3.63, 3.8) is 0 Å². The second-order valence-electron chi connectivity index (χ2n) is 6.04. The van der Waals surface area contributed by atoms with E-state index in [0.29, 0.717) is 11.5 Å². The van der Waals surface area contributed by atoms with Crippen molar-refractivity contribution in [2.24, 2.45) is 0 Å². The van der Waals surface area contributed by atoms with E-state index >= 15 is 0 Å². The molecular formula is C19H22O4S. The molecule has 1 unspecified atom stereocenters. The first-order chi connectivity index (χ1) is 11.3. The lowest BCUT2D eigenvalue weighted by atomic mass is 10.0. The lowest BCUT2D eigenvalue weighted by Gasteiger charge is -2.14. The minimum atomic E-state index is -3.54. The quantitative estimate of drug-likeness (QED) is 0.746. The highest BCUT2D eigenvalue weighted by Crippen LogP contribution is 2.21. The van der Waals surface area contributed by atoms with Gasteiger partial charge in [0.05, 0.1) is 15.7 Å². The van der Waals surface area contributed by atoms with Crippen molar-refractivity contribution in [2.75, 3.05) is 6.61 Å². The summed E-state index contributed by atoms with van der Waals surface area (Å²) in [6.45, 7) is 5.47. The molecule has 24 heavy (non-hydrogen) atoms. The van der Waals surface area contributed by atoms with Gasteiger partial charge in [-0.3, -0.25) is 0 Å². The fourth-order valence-electron chi connectivity index (χ4n) is 2.21. The Morgan fingerprint density at radius 2 is 1.54 bits per heavy atom. The zero-order valence-electron chi connectivity index (χ0n) is 14.1. The third-order valence-corrected chi connectivity index (χ3v) is 5.99. The molecule has 128 valence electrons. The lowest BCUT2D eigenvalue weighted by Crippen LogP contribution is -2.25. The van der Waals surface area contributed by atoms with E-state index in [0.717, 1.165) is 5.56 Å². The summed E-state index contributed by atoms with van der Waals surface area (Å²) in [5.41, 5.74) is 1.49. The van der Waals surface area contributed by atoms with Gasteiger partial charge in [-0.25, -0.2) is 13.2 Å². The molecule has 5 heteroatoms. The average Bonchev–Trinajstić information content (AvgIpc) is 2.60. The maximum absolute atomic E-state index is 12.6. The fourth-order valence-corrected chi connectivity index (χ4v) is 3.44. The Hall–Kier alpha value is -2.14. The summed E-state index contributed by atoms with van der Waals surface area (Å²) in [4.78, 5) is 12.2. The summed E-state index contributed by atoms with van der Waals surface area (Å²) in [6.07, 6.45) is 0. The van der Waals surface area contributed by atoms with E-state index in [1.807, 2.05) is 12.1 Å². The van der Waals surface area contributed by atoms with Gasteiger partial charge in [0.15, 0.2) is 9.84 Å². The van der Waals surface area contributed by atoms with Crippen molar-refractivity contribution >= 4 is 15.8 Å². The normalized spacial score (nSPS) is 12.8. The average molecular weight is 346 g/mol. The van der Waals surface area contributed by atoms with Crippen LogP contribution in [0, 0.1) is 0 Å². The van der Waals surface area contributed by atoms with Gasteiger partial charge in [-0.05, 0) is 42.7 Å². The molecule has 0 radical (unpaired) electrons. The molecule has 0 fully saturated rings. The van der Waals surface area contributed by atoms with Crippen LogP contribution in [0.15, 0.2) is 59.5 Å². The van der Waals surface area contributed by atoms with Crippen LogP contribution >= 0.6 is 0 Å². The van der Waals surface area contributed by atoms with Gasteiger partial charge in [0, 0.05) is 0 Å². The van der Waals surface area contributed by atoms with E-state index in [1.165, 1.54) is 0 Å². The predicted octanol–water partition coefficient (Wildman–Crippen LogP) is 3.83. The van der Waals surface area contributed by atoms with Crippen LogP contribution in [0.25, 0.3) is 0 Å². The number of carbonyl (C=O) groups excluding carboxylic acids is 1. The van der Waals surface area contributed by atoms with E-state index in [9.17, 15) is 13.2 Å². The molecule has 4 nitrogen and oxygen atoms in total. The SMILES string of the molecule is CC(C)c1ccc(S(=O)(=O)C(C)COC(=O)c2ccccc2)cc1. The minimum Gasteiger partial charge on any atom is -0.461 e. The van der Waals surface area contributed by atoms with Crippen molar-refractivity contribution in [2.45, 2.75) is 36.8 Å². The van der Waals surface area contributed by atoms with Crippen molar-refractivity contribution in [1.82, 2.24) is 0 Å². The standard InChI is InChI=1S/C19H22O4S/c1-14(2)16-9-11-18(12-10-16)24(21,22)15(3)13-23-19(20)17-7-5-4-6-8-17/h4-12,14-15H,13H2,1-3H3. The van der Waals surface area contributed by atoms with Gasteiger partial charge in [0.1, 0.15) is 6.61 Å². The maximum Gasteiger partial charge on any atom is 0.338 e. The Morgan fingerprint density at radius 3 is 2.08 bits per heavy atom. The molecule has 0 amide bonds. The van der Waals surface area contributed by atoms with E-state index in [2.05, 4.69) is 13.8 Å². The minimum absolute atomic E-state index is 0.179. The molecule has 0 spiro atoms. The first-order valence-electron chi connectivity index (χ1n) is 7.88. The van der Waals surface area contributed by atoms with Gasteiger partial charge < -0.3 is 4.74 Å². The monoisotopic (exact) mass is 346 g/mol. The van der Waals surface area contributed by atoms with Crippen LogP contribution in [0.1, 0.15) is 42.6 Å². The molecular weight excluding hydrogens is 324 g/mol. The molecule has 2 aromatic rings. The Labute approximate surface area is 143 Å². The van der Waals surface area contributed by atoms with Crippen molar-refractivity contribution in [3.05, 3.63) is 65.7 Å². The maximum atomic E-state index is 12.6. The summed E-state index contributed by atoms with van der Waals surface area (Å²) in [7, 11) is -3.54. The first kappa shape index (κ1) is 18.2. The van der Waals surface area contributed by atoms with Crippen LogP contribution in [-0.4, -0.2) is 26.2 Å². The fraction of sp³-hybridized carbons (Fsp3) is 0.316. The van der Waals surface area contributed by atoms with Gasteiger partial charge in [-0.2, -0.15) is 0 Å². The summed E-state index contributed by atoms with van der Waals surface area (Å²) < 4.78 is 30.3. The summed E-state index contributed by atoms with van der Waals surface area (Å²) in [5, 5.41) is -0.810. The number of hydrogen-bond acceptors (Lipinski definition) is 4. The second-order valence-corrected chi connectivity index (χ2v) is 8.41. The third kappa shape index (κ3) is 4.23. The third-order valence-electron chi connectivity index (χ3n) is 3.86. The van der Waals surface area contributed by atoms with Gasteiger partial charge in [0.25, 0.3) is 0 Å². The Morgan fingerprint density at radius 1 is 0.958 bits per heavy atom. The van der Waals surface area contributed by atoms with Crippen molar-refractivity contribution < 1.29 is 17.9 Å². The summed E-state index contributed by atoms with van der Waals surface area (Å²) in [5.74, 6) is -0.182. The van der Waals surface area contributed by atoms with Crippen LogP contribution in [0.3, 0.4) is 0 Å². The van der Waals surface area contributed by atoms with Crippen LogP contribution in [0.2, 0.25) is 0 Å². The van der Waals surface area contributed by atoms with E-state index in [-0.39, 0.29) is 11.5 Å². The zero-order valence-corrected chi connectivity index (χ0v) is 14.9. The topological polar surface area (TPSA) is 60.4 Å². The lowest BCUT2D eigenvalue weighted by molar-refractivity contribution is 0.0508. The zero-order chi connectivity index (χ0) is 17.7. The molecule has 0 bridgehead atoms. The molecule has 0 aliphatic rings. The van der Waals surface area contributed by atoms with Crippen LogP contribution in [-0.2, 0) is 14.6 Å². The van der Waals surface area contributed by atoms with Gasteiger partial charge in [-0.1, -0.05) is 44.2 Å². The number of carbonyl (C=O) groups is 1. The highest BCUT2D eigenvalue weighted by Gasteiger charge is 2.25. The predicted molar refractivity (Wildman–Crippen MR) is 93.9 cm³/mol. The Bertz CT molecular complexity index is 778. The number of sulfone groups is 1. The highest BCUT2D eigenvalue weighted by atomic mass is 32.2. The van der Waals surface area contributed by atoms with Crippen LogP contribution in [0.5, 0.6) is 0 Å². The largest absolute Gasteiger partial charge is 0.461 e. The number of benzene rings is 2. The van der Waals surface area contributed by atoms with E-state index in [4.69, 9.17) is 4.74 Å². The smallest absolute Gasteiger partial charge is 0.338 e. The molecule has 0 aromatic heterocycles. The number of esters is 1. The van der Waals surface area contributed by atoms with Crippen LogP contribution in [0.4, 0.5) is 0 Å². The molecule has 2 rings (SSSR count). The molecule has 0 aliphatic heterocycles. The van der Waals surface area contributed by atoms with E-state index in [1.54, 1.807) is 49.4 Å².